The molecule has 3 unspecified atom stereocenters. The molecule has 2 aliphatic carbocycles. The van der Waals surface area contributed by atoms with E-state index in [0.717, 1.165) is 17.1 Å². The molecule has 34 heavy (non-hydrogen) atoms. The number of nitrogens with zero attached hydrogens (tertiary/aromatic N) is 3. The molecule has 2 amide bonds. The third-order valence-corrected chi connectivity index (χ3v) is 7.99. The first kappa shape index (κ1) is 22.9. The Morgan fingerprint density at radius 3 is 2.50 bits per heavy atom. The van der Waals surface area contributed by atoms with Crippen molar-refractivity contribution in [1.29, 1.82) is 0 Å². The molecule has 3 aliphatic rings. The predicted molar refractivity (Wildman–Crippen MR) is 130 cm³/mol. The smallest absolute Gasteiger partial charge is 0.410 e. The summed E-state index contributed by atoms with van der Waals surface area (Å²) in [7, 11) is 0. The third kappa shape index (κ3) is 3.99. The van der Waals surface area contributed by atoms with Gasteiger partial charge in [-0.1, -0.05) is 44.2 Å². The van der Waals surface area contributed by atoms with E-state index in [2.05, 4.69) is 23.7 Å². The Balaban J connectivity index is 1.47. The first-order valence-corrected chi connectivity index (χ1v) is 12.5. The number of fused-ring (bicyclic) bond motifs is 3. The molecule has 0 radical (unpaired) electrons. The third-order valence-electron chi connectivity index (χ3n) is 7.99. The Morgan fingerprint density at radius 1 is 1.12 bits per heavy atom. The van der Waals surface area contributed by atoms with Crippen LogP contribution in [-0.4, -0.2) is 44.6 Å². The highest BCUT2D eigenvalue weighted by Gasteiger charge is 2.53. The summed E-state index contributed by atoms with van der Waals surface area (Å²) in [4.78, 5) is 33.0. The molecule has 1 N–H and O–H groups in total. The van der Waals surface area contributed by atoms with Crippen LogP contribution >= 0.6 is 0 Å². The maximum absolute atomic E-state index is 13.7. The lowest BCUT2D eigenvalue weighted by Gasteiger charge is -2.38. The van der Waals surface area contributed by atoms with Crippen molar-refractivity contribution in [1.82, 2.24) is 19.8 Å². The molecule has 1 aliphatic heterocycles. The Hall–Kier alpha value is -2.83. The summed E-state index contributed by atoms with van der Waals surface area (Å²) in [6.07, 6.45) is 3.28. The van der Waals surface area contributed by atoms with Crippen LogP contribution in [0.5, 0.6) is 0 Å². The summed E-state index contributed by atoms with van der Waals surface area (Å²) in [5.74, 6) is 1.84. The van der Waals surface area contributed by atoms with Crippen LogP contribution in [0.3, 0.4) is 0 Å². The van der Waals surface area contributed by atoms with Gasteiger partial charge in [0, 0.05) is 24.7 Å². The molecule has 182 valence electrons. The summed E-state index contributed by atoms with van der Waals surface area (Å²) >= 11 is 0. The number of hydrogen-bond acceptors (Lipinski definition) is 4. The number of hydrogen-bond donors (Lipinski definition) is 1. The minimum absolute atomic E-state index is 0.0865. The van der Waals surface area contributed by atoms with Gasteiger partial charge in [0.15, 0.2) is 5.69 Å². The number of carbonyl (C=O) groups is 2. The molecule has 2 bridgehead atoms. The Morgan fingerprint density at radius 2 is 1.85 bits per heavy atom. The van der Waals surface area contributed by atoms with Gasteiger partial charge in [-0.2, -0.15) is 0 Å². The summed E-state index contributed by atoms with van der Waals surface area (Å²) in [5, 5.41) is 3.36. The molecule has 5 rings (SSSR count). The number of ether oxygens (including phenoxy) is 1. The highest BCUT2D eigenvalue weighted by Crippen LogP contribution is 2.55. The summed E-state index contributed by atoms with van der Waals surface area (Å²) in [6, 6.07) is 10.1. The van der Waals surface area contributed by atoms with Crippen molar-refractivity contribution in [2.24, 2.45) is 17.3 Å². The van der Waals surface area contributed by atoms with Crippen LogP contribution in [0.2, 0.25) is 0 Å². The maximum atomic E-state index is 13.7. The van der Waals surface area contributed by atoms with E-state index in [0.29, 0.717) is 37.2 Å². The van der Waals surface area contributed by atoms with Gasteiger partial charge in [0.2, 0.25) is 0 Å². The zero-order valence-electron chi connectivity index (χ0n) is 20.9. The van der Waals surface area contributed by atoms with E-state index >= 15 is 0 Å². The van der Waals surface area contributed by atoms with E-state index in [1.54, 1.807) is 4.90 Å². The number of benzene rings is 1. The zero-order valence-corrected chi connectivity index (χ0v) is 20.9. The molecule has 0 spiro atoms. The van der Waals surface area contributed by atoms with Gasteiger partial charge in [-0.05, 0) is 57.3 Å². The SMILES string of the molecule is CC(C)(C)OC(=O)N1CCn2c(-c3ccccc3)nc(C(=O)NC3C4CCC(C4)C3(C)C)c2C1. The standard InChI is InChI=1S/C27H36N4O3/c1-26(2,3)34-25(33)30-13-14-31-20(16-30)21(28-23(31)17-9-7-6-8-10-17)24(32)29-22-18-11-12-19(15-18)27(22,4)5/h6-10,18-19,22H,11-16H2,1-5H3,(H,29,32). The van der Waals surface area contributed by atoms with Gasteiger partial charge in [-0.3, -0.25) is 4.79 Å². The minimum atomic E-state index is -0.572. The number of nitrogens with one attached hydrogen (secondary N) is 1. The van der Waals surface area contributed by atoms with Gasteiger partial charge in [-0.25, -0.2) is 9.78 Å². The highest BCUT2D eigenvalue weighted by atomic mass is 16.6. The molecule has 1 aromatic heterocycles. The molecular formula is C27H36N4O3. The van der Waals surface area contributed by atoms with Crippen molar-refractivity contribution in [3.8, 4) is 11.4 Å². The molecule has 7 heteroatoms. The number of imidazole rings is 1. The molecule has 1 aromatic carbocycles. The molecule has 2 saturated carbocycles. The van der Waals surface area contributed by atoms with Gasteiger partial charge in [-0.15, -0.1) is 0 Å². The average Bonchev–Trinajstić information content (AvgIpc) is 3.46. The molecule has 2 aromatic rings. The largest absolute Gasteiger partial charge is 0.444 e. The van der Waals surface area contributed by atoms with Crippen molar-refractivity contribution in [2.75, 3.05) is 6.54 Å². The molecule has 2 fully saturated rings. The molecule has 3 atom stereocenters. The van der Waals surface area contributed by atoms with E-state index in [1.807, 2.05) is 51.1 Å². The normalized spacial score (nSPS) is 25.2. The van der Waals surface area contributed by atoms with Crippen LogP contribution in [0.1, 0.15) is 70.1 Å². The first-order chi connectivity index (χ1) is 16.0. The van der Waals surface area contributed by atoms with Crippen LogP contribution in [0, 0.1) is 17.3 Å². The zero-order chi connectivity index (χ0) is 24.3. The molecule has 7 nitrogen and oxygen atoms in total. The Labute approximate surface area is 201 Å². The van der Waals surface area contributed by atoms with Crippen molar-refractivity contribution in [3.63, 3.8) is 0 Å². The van der Waals surface area contributed by atoms with Gasteiger partial charge in [0.1, 0.15) is 11.4 Å². The van der Waals surface area contributed by atoms with Gasteiger partial charge in [0.25, 0.3) is 5.91 Å². The quantitative estimate of drug-likeness (QED) is 0.704. The van der Waals surface area contributed by atoms with Gasteiger partial charge < -0.3 is 19.5 Å². The van der Waals surface area contributed by atoms with Crippen molar-refractivity contribution in [2.45, 2.75) is 78.6 Å². The number of aromatic nitrogens is 2. The Bertz CT molecular complexity index is 1100. The first-order valence-electron chi connectivity index (χ1n) is 12.5. The van der Waals surface area contributed by atoms with E-state index in [9.17, 15) is 9.59 Å². The minimum Gasteiger partial charge on any atom is -0.444 e. The summed E-state index contributed by atoms with van der Waals surface area (Å²) in [6.45, 7) is 11.5. The highest BCUT2D eigenvalue weighted by molar-refractivity contribution is 5.95. The fourth-order valence-electron chi connectivity index (χ4n) is 6.21. The fraction of sp³-hybridized carbons (Fsp3) is 0.593. The van der Waals surface area contributed by atoms with E-state index in [4.69, 9.17) is 9.72 Å². The van der Waals surface area contributed by atoms with Crippen LogP contribution in [0.4, 0.5) is 4.79 Å². The van der Waals surface area contributed by atoms with Crippen LogP contribution in [0.15, 0.2) is 30.3 Å². The number of amides is 2. The topological polar surface area (TPSA) is 76.5 Å². The van der Waals surface area contributed by atoms with Crippen molar-refractivity contribution < 1.29 is 14.3 Å². The monoisotopic (exact) mass is 464 g/mol. The maximum Gasteiger partial charge on any atom is 0.410 e. The lowest BCUT2D eigenvalue weighted by molar-refractivity contribution is 0.0198. The van der Waals surface area contributed by atoms with Crippen molar-refractivity contribution in [3.05, 3.63) is 41.7 Å². The van der Waals surface area contributed by atoms with Crippen molar-refractivity contribution >= 4 is 12.0 Å². The molecule has 0 saturated heterocycles. The molecular weight excluding hydrogens is 428 g/mol. The lowest BCUT2D eigenvalue weighted by atomic mass is 9.73. The molecule has 2 heterocycles. The fourth-order valence-corrected chi connectivity index (χ4v) is 6.21. The van der Waals surface area contributed by atoms with Crippen LogP contribution < -0.4 is 5.32 Å². The van der Waals surface area contributed by atoms with E-state index in [1.165, 1.54) is 19.3 Å². The average molecular weight is 465 g/mol. The Kier molecular flexibility index (Phi) is 5.49. The van der Waals surface area contributed by atoms with Gasteiger partial charge >= 0.3 is 6.09 Å². The van der Waals surface area contributed by atoms with E-state index in [-0.39, 0.29) is 23.5 Å². The van der Waals surface area contributed by atoms with Gasteiger partial charge in [0.05, 0.1) is 12.2 Å². The summed E-state index contributed by atoms with van der Waals surface area (Å²) in [5.41, 5.74) is 1.68. The van der Waals surface area contributed by atoms with Crippen LogP contribution in [0.25, 0.3) is 11.4 Å². The predicted octanol–water partition coefficient (Wildman–Crippen LogP) is 4.86. The van der Waals surface area contributed by atoms with Crippen LogP contribution in [-0.2, 0) is 17.8 Å². The lowest BCUT2D eigenvalue weighted by Crippen LogP contribution is -2.49. The number of rotatable bonds is 3. The number of carbonyl (C=O) groups excluding carboxylic acids is 2. The van der Waals surface area contributed by atoms with E-state index < -0.39 is 5.60 Å². The second kappa shape index (κ2) is 8.14. The second-order valence-corrected chi connectivity index (χ2v) is 11.7. The summed E-state index contributed by atoms with van der Waals surface area (Å²) < 4.78 is 7.70. The second-order valence-electron chi connectivity index (χ2n) is 11.7.